The lowest BCUT2D eigenvalue weighted by Gasteiger charge is -2.05. The molecule has 0 atom stereocenters. The largest absolute Gasteiger partial charge is 0.392 e. The minimum atomic E-state index is 0.105. The zero-order chi connectivity index (χ0) is 10.4. The van der Waals surface area contributed by atoms with Crippen molar-refractivity contribution >= 4 is 0 Å². The molecule has 0 saturated carbocycles. The Balaban J connectivity index is 2.46. The number of aliphatic hydroxyl groups excluding tert-OH is 1. The summed E-state index contributed by atoms with van der Waals surface area (Å²) in [5.74, 6) is 0. The summed E-state index contributed by atoms with van der Waals surface area (Å²) >= 11 is 0. The molecule has 76 valence electrons. The molecule has 0 spiro atoms. The fraction of sp³-hybridized carbons (Fsp3) is 0.333. The van der Waals surface area contributed by atoms with Crippen LogP contribution in [0.2, 0.25) is 0 Å². The third-order valence-corrected chi connectivity index (χ3v) is 1.93. The highest BCUT2D eigenvalue weighted by atomic mass is 16.3. The molecule has 0 unspecified atom stereocenters. The normalized spacial score (nSPS) is 10.1. The second kappa shape index (κ2) is 5.58. The maximum Gasteiger partial charge on any atom is 0.0681 e. The Morgan fingerprint density at radius 1 is 1.43 bits per heavy atom. The van der Waals surface area contributed by atoms with Crippen LogP contribution in [-0.2, 0) is 13.2 Å². The van der Waals surface area contributed by atoms with E-state index in [4.69, 9.17) is 5.11 Å². The van der Waals surface area contributed by atoms with E-state index in [0.717, 1.165) is 24.2 Å². The van der Waals surface area contributed by atoms with Crippen molar-refractivity contribution in [2.75, 3.05) is 6.54 Å². The van der Waals surface area contributed by atoms with Gasteiger partial charge < -0.3 is 10.4 Å². The van der Waals surface area contributed by atoms with Crippen LogP contribution in [0.25, 0.3) is 0 Å². The molecule has 0 bridgehead atoms. The first-order valence-electron chi connectivity index (χ1n) is 4.76. The molecule has 0 saturated heterocycles. The molecule has 1 aromatic rings. The van der Waals surface area contributed by atoms with Gasteiger partial charge in [-0.15, -0.1) is 0 Å². The summed E-state index contributed by atoms with van der Waals surface area (Å²) in [7, 11) is 0. The average molecular weight is 191 g/mol. The summed E-state index contributed by atoms with van der Waals surface area (Å²) in [4.78, 5) is 0. The lowest BCUT2D eigenvalue weighted by molar-refractivity contribution is 0.281. The van der Waals surface area contributed by atoms with Crippen LogP contribution in [0.4, 0.5) is 0 Å². The van der Waals surface area contributed by atoms with E-state index in [1.165, 1.54) is 5.56 Å². The van der Waals surface area contributed by atoms with Crippen LogP contribution >= 0.6 is 0 Å². The zero-order valence-electron chi connectivity index (χ0n) is 8.59. The molecule has 2 heteroatoms. The SMILES string of the molecule is C=C(C)CNCc1cccc(CO)c1. The Hall–Kier alpha value is -1.12. The first-order chi connectivity index (χ1) is 6.72. The van der Waals surface area contributed by atoms with Gasteiger partial charge in [-0.2, -0.15) is 0 Å². The molecule has 0 heterocycles. The van der Waals surface area contributed by atoms with E-state index in [0.29, 0.717) is 0 Å². The molecule has 0 fully saturated rings. The minimum absolute atomic E-state index is 0.105. The molecule has 0 aromatic heterocycles. The third kappa shape index (κ3) is 3.73. The van der Waals surface area contributed by atoms with E-state index in [1.54, 1.807) is 0 Å². The van der Waals surface area contributed by atoms with Gasteiger partial charge in [0.15, 0.2) is 0 Å². The zero-order valence-corrected chi connectivity index (χ0v) is 8.59. The summed E-state index contributed by atoms with van der Waals surface area (Å²) in [6, 6.07) is 7.93. The van der Waals surface area contributed by atoms with Gasteiger partial charge in [-0.1, -0.05) is 36.4 Å². The van der Waals surface area contributed by atoms with Gasteiger partial charge in [0.2, 0.25) is 0 Å². The van der Waals surface area contributed by atoms with E-state index in [-0.39, 0.29) is 6.61 Å². The fourth-order valence-electron chi connectivity index (χ4n) is 1.26. The summed E-state index contributed by atoms with van der Waals surface area (Å²) in [6.07, 6.45) is 0. The lowest BCUT2D eigenvalue weighted by Crippen LogP contribution is -2.15. The van der Waals surface area contributed by atoms with Gasteiger partial charge in [-0.05, 0) is 18.1 Å². The Bertz CT molecular complexity index is 307. The van der Waals surface area contributed by atoms with Crippen LogP contribution in [0.15, 0.2) is 36.4 Å². The van der Waals surface area contributed by atoms with Crippen molar-refractivity contribution in [1.82, 2.24) is 5.32 Å². The highest BCUT2D eigenvalue weighted by Crippen LogP contribution is 2.04. The Kier molecular flexibility index (Phi) is 4.36. The molecule has 0 aliphatic heterocycles. The smallest absolute Gasteiger partial charge is 0.0681 e. The number of benzene rings is 1. The van der Waals surface area contributed by atoms with Gasteiger partial charge in [0.05, 0.1) is 6.61 Å². The summed E-state index contributed by atoms with van der Waals surface area (Å²) in [6.45, 7) is 7.58. The third-order valence-electron chi connectivity index (χ3n) is 1.93. The highest BCUT2D eigenvalue weighted by Gasteiger charge is 1.94. The fourth-order valence-corrected chi connectivity index (χ4v) is 1.26. The lowest BCUT2D eigenvalue weighted by atomic mass is 10.1. The molecule has 0 aliphatic rings. The predicted octanol–water partition coefficient (Wildman–Crippen LogP) is 1.84. The van der Waals surface area contributed by atoms with Crippen molar-refractivity contribution in [3.63, 3.8) is 0 Å². The van der Waals surface area contributed by atoms with Gasteiger partial charge in [0.25, 0.3) is 0 Å². The van der Waals surface area contributed by atoms with E-state index >= 15 is 0 Å². The topological polar surface area (TPSA) is 32.3 Å². The monoisotopic (exact) mass is 191 g/mol. The van der Waals surface area contributed by atoms with Crippen LogP contribution < -0.4 is 5.32 Å². The van der Waals surface area contributed by atoms with Gasteiger partial charge >= 0.3 is 0 Å². The van der Waals surface area contributed by atoms with Gasteiger partial charge in [-0.3, -0.25) is 0 Å². The minimum Gasteiger partial charge on any atom is -0.392 e. The maximum atomic E-state index is 8.94. The molecule has 1 rings (SSSR count). The highest BCUT2D eigenvalue weighted by molar-refractivity contribution is 5.22. The van der Waals surface area contributed by atoms with Crippen molar-refractivity contribution in [1.29, 1.82) is 0 Å². The number of rotatable bonds is 5. The van der Waals surface area contributed by atoms with Crippen molar-refractivity contribution in [2.24, 2.45) is 0 Å². The Morgan fingerprint density at radius 3 is 2.79 bits per heavy atom. The van der Waals surface area contributed by atoms with Crippen LogP contribution in [0.1, 0.15) is 18.1 Å². The van der Waals surface area contributed by atoms with Crippen LogP contribution in [0.5, 0.6) is 0 Å². The maximum absolute atomic E-state index is 8.94. The summed E-state index contributed by atoms with van der Waals surface area (Å²) < 4.78 is 0. The van der Waals surface area contributed by atoms with Crippen LogP contribution in [-0.4, -0.2) is 11.7 Å². The molecule has 2 N–H and O–H groups in total. The van der Waals surface area contributed by atoms with Crippen molar-refractivity contribution < 1.29 is 5.11 Å². The average Bonchev–Trinajstić information content (AvgIpc) is 2.18. The van der Waals surface area contributed by atoms with E-state index in [1.807, 2.05) is 31.2 Å². The number of hydrogen-bond donors (Lipinski definition) is 2. The molecule has 2 nitrogen and oxygen atoms in total. The van der Waals surface area contributed by atoms with Gasteiger partial charge in [-0.25, -0.2) is 0 Å². The van der Waals surface area contributed by atoms with Crippen LogP contribution in [0.3, 0.4) is 0 Å². The molecule has 0 aliphatic carbocycles. The first-order valence-corrected chi connectivity index (χ1v) is 4.76. The molecule has 14 heavy (non-hydrogen) atoms. The quantitative estimate of drug-likeness (QED) is 0.696. The number of nitrogens with one attached hydrogen (secondary N) is 1. The van der Waals surface area contributed by atoms with Gasteiger partial charge in [0.1, 0.15) is 0 Å². The van der Waals surface area contributed by atoms with Crippen molar-refractivity contribution in [2.45, 2.75) is 20.1 Å². The van der Waals surface area contributed by atoms with Crippen LogP contribution in [0, 0.1) is 0 Å². The van der Waals surface area contributed by atoms with Crippen molar-refractivity contribution in [3.05, 3.63) is 47.5 Å². The van der Waals surface area contributed by atoms with E-state index < -0.39 is 0 Å². The van der Waals surface area contributed by atoms with E-state index in [9.17, 15) is 0 Å². The molecular formula is C12H17NO. The van der Waals surface area contributed by atoms with E-state index in [2.05, 4.69) is 11.9 Å². The van der Waals surface area contributed by atoms with Gasteiger partial charge in [0, 0.05) is 13.1 Å². The predicted molar refractivity (Wildman–Crippen MR) is 58.9 cm³/mol. The number of aliphatic hydroxyl groups is 1. The number of hydrogen-bond acceptors (Lipinski definition) is 2. The summed E-state index contributed by atoms with van der Waals surface area (Å²) in [5.41, 5.74) is 3.28. The molecule has 0 amide bonds. The molecular weight excluding hydrogens is 174 g/mol. The van der Waals surface area contributed by atoms with Crippen molar-refractivity contribution in [3.8, 4) is 0 Å². The summed E-state index contributed by atoms with van der Waals surface area (Å²) in [5, 5.41) is 12.2. The molecule has 1 aromatic carbocycles. The second-order valence-corrected chi connectivity index (χ2v) is 3.54. The Labute approximate surface area is 85.3 Å². The standard InChI is InChI=1S/C12H17NO/c1-10(2)7-13-8-11-4-3-5-12(6-11)9-14/h3-6,13-14H,1,7-9H2,2H3. The second-order valence-electron chi connectivity index (χ2n) is 3.54. The first kappa shape index (κ1) is 11.0. The molecule has 0 radical (unpaired) electrons. The Morgan fingerprint density at radius 2 is 2.14 bits per heavy atom.